The molecule has 0 saturated heterocycles. The van der Waals surface area contributed by atoms with Gasteiger partial charge in [-0.15, -0.1) is 11.3 Å². The summed E-state index contributed by atoms with van der Waals surface area (Å²) in [5.41, 5.74) is 4.59. The van der Waals surface area contributed by atoms with Gasteiger partial charge in [0.2, 0.25) is 0 Å². The van der Waals surface area contributed by atoms with Crippen molar-refractivity contribution in [1.29, 1.82) is 0 Å². The van der Waals surface area contributed by atoms with E-state index in [9.17, 15) is 4.39 Å². The Bertz CT molecular complexity index is 552. The molecule has 2 nitrogen and oxygen atoms in total. The molecule has 2 aromatic rings. The van der Waals surface area contributed by atoms with E-state index in [0.717, 1.165) is 24.3 Å². The molecule has 0 radical (unpaired) electrons. The first-order valence-corrected chi connectivity index (χ1v) is 7.60. The number of benzene rings is 1. The molecule has 0 aliphatic rings. The molecule has 0 bridgehead atoms. The molecule has 1 aromatic heterocycles. The molecular weight excluding hydrogens is 383 g/mol. The van der Waals surface area contributed by atoms with Crippen LogP contribution in [0.3, 0.4) is 0 Å². The molecule has 0 amide bonds. The summed E-state index contributed by atoms with van der Waals surface area (Å²) in [6.07, 6.45) is 0. The van der Waals surface area contributed by atoms with Gasteiger partial charge in [-0.1, -0.05) is 6.07 Å². The lowest BCUT2D eigenvalue weighted by Gasteiger charge is -2.17. The van der Waals surface area contributed by atoms with Crippen LogP contribution in [0.15, 0.2) is 32.5 Å². The van der Waals surface area contributed by atoms with Crippen molar-refractivity contribution in [2.45, 2.75) is 13.0 Å². The molecule has 96 valence electrons. The molecule has 6 heteroatoms. The number of nitrogens with one attached hydrogen (secondary N) is 1. The monoisotopic (exact) mass is 392 g/mol. The predicted octanol–water partition coefficient (Wildman–Crippen LogP) is 4.27. The largest absolute Gasteiger partial charge is 0.271 e. The van der Waals surface area contributed by atoms with Crippen LogP contribution in [0.1, 0.15) is 22.0 Å². The van der Waals surface area contributed by atoms with E-state index < -0.39 is 0 Å². The van der Waals surface area contributed by atoms with Gasteiger partial charge >= 0.3 is 0 Å². The van der Waals surface area contributed by atoms with Crippen LogP contribution in [0, 0.1) is 12.7 Å². The third-order valence-electron chi connectivity index (χ3n) is 2.67. The second-order valence-corrected chi connectivity index (χ2v) is 7.13. The summed E-state index contributed by atoms with van der Waals surface area (Å²) in [6, 6.07) is 6.48. The zero-order chi connectivity index (χ0) is 13.3. The van der Waals surface area contributed by atoms with Gasteiger partial charge in [-0.05, 0) is 68.1 Å². The number of hydrogen-bond donors (Lipinski definition) is 2. The summed E-state index contributed by atoms with van der Waals surface area (Å²) in [7, 11) is 0. The number of hydrazine groups is 1. The standard InChI is InChI=1S/C12H11Br2FN2S/c1-6-2-3-7(15)4-8(6)11(17-16)10-5-9(13)12(14)18-10/h2-5,11,17H,16H2,1H3. The molecule has 2 rings (SSSR count). The maximum Gasteiger partial charge on any atom is 0.123 e. The van der Waals surface area contributed by atoms with Gasteiger partial charge in [-0.25, -0.2) is 9.82 Å². The van der Waals surface area contributed by atoms with E-state index in [1.807, 2.05) is 13.0 Å². The van der Waals surface area contributed by atoms with Gasteiger partial charge in [0.25, 0.3) is 0 Å². The zero-order valence-corrected chi connectivity index (χ0v) is 13.5. The van der Waals surface area contributed by atoms with Gasteiger partial charge in [0.15, 0.2) is 0 Å². The maximum absolute atomic E-state index is 13.4. The van der Waals surface area contributed by atoms with Gasteiger partial charge in [0.05, 0.1) is 9.83 Å². The summed E-state index contributed by atoms with van der Waals surface area (Å²) in [6.45, 7) is 1.94. The number of hydrogen-bond acceptors (Lipinski definition) is 3. The van der Waals surface area contributed by atoms with Crippen LogP contribution in [-0.2, 0) is 0 Å². The van der Waals surface area contributed by atoms with E-state index in [1.165, 1.54) is 12.1 Å². The Morgan fingerprint density at radius 2 is 2.06 bits per heavy atom. The zero-order valence-electron chi connectivity index (χ0n) is 9.51. The first-order chi connectivity index (χ1) is 8.52. The van der Waals surface area contributed by atoms with Crippen molar-refractivity contribution in [3.63, 3.8) is 0 Å². The Labute approximate surface area is 126 Å². The summed E-state index contributed by atoms with van der Waals surface area (Å²) < 4.78 is 15.3. The lowest BCUT2D eigenvalue weighted by atomic mass is 10.0. The average Bonchev–Trinajstić information content (AvgIpc) is 2.65. The number of nitrogens with two attached hydrogens (primary N) is 1. The summed E-state index contributed by atoms with van der Waals surface area (Å²) in [5, 5.41) is 0. The van der Waals surface area contributed by atoms with Crippen molar-refractivity contribution >= 4 is 43.2 Å². The van der Waals surface area contributed by atoms with Crippen molar-refractivity contribution in [3.8, 4) is 0 Å². The van der Waals surface area contributed by atoms with E-state index in [-0.39, 0.29) is 11.9 Å². The molecular formula is C12H11Br2FN2S. The fourth-order valence-electron chi connectivity index (χ4n) is 1.75. The van der Waals surface area contributed by atoms with Crippen LogP contribution in [-0.4, -0.2) is 0 Å². The van der Waals surface area contributed by atoms with Crippen molar-refractivity contribution in [2.24, 2.45) is 5.84 Å². The Balaban J connectivity index is 2.48. The highest BCUT2D eigenvalue weighted by molar-refractivity contribution is 9.13. The smallest absolute Gasteiger partial charge is 0.123 e. The highest BCUT2D eigenvalue weighted by Gasteiger charge is 2.18. The minimum absolute atomic E-state index is 0.215. The summed E-state index contributed by atoms with van der Waals surface area (Å²) >= 11 is 8.45. The minimum atomic E-state index is -0.259. The van der Waals surface area contributed by atoms with Crippen LogP contribution < -0.4 is 11.3 Å². The highest BCUT2D eigenvalue weighted by atomic mass is 79.9. The predicted molar refractivity (Wildman–Crippen MR) is 80.0 cm³/mol. The molecule has 0 spiro atoms. The molecule has 1 unspecified atom stereocenters. The third-order valence-corrected chi connectivity index (χ3v) is 5.99. The Morgan fingerprint density at radius 1 is 1.33 bits per heavy atom. The van der Waals surface area contributed by atoms with Gasteiger partial charge in [0.1, 0.15) is 5.82 Å². The van der Waals surface area contributed by atoms with Crippen LogP contribution in [0.2, 0.25) is 0 Å². The molecule has 3 N–H and O–H groups in total. The molecule has 18 heavy (non-hydrogen) atoms. The lowest BCUT2D eigenvalue weighted by Crippen LogP contribution is -2.28. The average molecular weight is 394 g/mol. The summed E-state index contributed by atoms with van der Waals surface area (Å²) in [4.78, 5) is 1.02. The van der Waals surface area contributed by atoms with Gasteiger partial charge in [-0.2, -0.15) is 0 Å². The molecule has 1 atom stereocenters. The van der Waals surface area contributed by atoms with E-state index in [1.54, 1.807) is 17.4 Å². The van der Waals surface area contributed by atoms with Crippen LogP contribution >= 0.6 is 43.2 Å². The first kappa shape index (κ1) is 14.1. The summed E-state index contributed by atoms with van der Waals surface area (Å²) in [5.74, 6) is 5.36. The Morgan fingerprint density at radius 3 is 2.61 bits per heavy atom. The number of rotatable bonds is 3. The van der Waals surface area contributed by atoms with Crippen molar-refractivity contribution in [1.82, 2.24) is 5.43 Å². The Hall–Kier alpha value is -0.270. The molecule has 0 fully saturated rings. The van der Waals surface area contributed by atoms with Gasteiger partial charge in [-0.3, -0.25) is 5.84 Å². The minimum Gasteiger partial charge on any atom is -0.271 e. The van der Waals surface area contributed by atoms with Gasteiger partial charge in [0, 0.05) is 9.35 Å². The highest BCUT2D eigenvalue weighted by Crippen LogP contribution is 2.38. The Kier molecular flexibility index (Phi) is 4.55. The SMILES string of the molecule is Cc1ccc(F)cc1C(NN)c1cc(Br)c(Br)s1. The molecule has 0 aliphatic heterocycles. The fourth-order valence-corrected chi connectivity index (χ4v) is 3.92. The number of halogens is 3. The molecule has 0 aliphatic carbocycles. The van der Waals surface area contributed by atoms with Gasteiger partial charge < -0.3 is 0 Å². The number of aryl methyl sites for hydroxylation is 1. The maximum atomic E-state index is 13.4. The van der Waals surface area contributed by atoms with E-state index in [2.05, 4.69) is 37.3 Å². The van der Waals surface area contributed by atoms with Crippen molar-refractivity contribution in [3.05, 3.63) is 54.3 Å². The van der Waals surface area contributed by atoms with Crippen molar-refractivity contribution in [2.75, 3.05) is 0 Å². The second-order valence-electron chi connectivity index (χ2n) is 3.87. The van der Waals surface area contributed by atoms with Crippen molar-refractivity contribution < 1.29 is 4.39 Å². The van der Waals surface area contributed by atoms with E-state index in [0.29, 0.717) is 0 Å². The van der Waals surface area contributed by atoms with Crippen LogP contribution in [0.4, 0.5) is 4.39 Å². The topological polar surface area (TPSA) is 38.0 Å². The number of thiophene rings is 1. The second kappa shape index (κ2) is 5.79. The van der Waals surface area contributed by atoms with Crippen LogP contribution in [0.5, 0.6) is 0 Å². The van der Waals surface area contributed by atoms with E-state index >= 15 is 0 Å². The third kappa shape index (κ3) is 2.83. The molecule has 0 saturated carbocycles. The first-order valence-electron chi connectivity index (χ1n) is 5.20. The fraction of sp³-hybridized carbons (Fsp3) is 0.167. The quantitative estimate of drug-likeness (QED) is 0.603. The molecule has 1 heterocycles. The molecule has 1 aromatic carbocycles. The normalized spacial score (nSPS) is 12.7. The lowest BCUT2D eigenvalue weighted by molar-refractivity contribution is 0.606. The van der Waals surface area contributed by atoms with E-state index in [4.69, 9.17) is 5.84 Å². The van der Waals surface area contributed by atoms with Crippen LogP contribution in [0.25, 0.3) is 0 Å².